The van der Waals surface area contributed by atoms with E-state index < -0.39 is 11.8 Å². The lowest BCUT2D eigenvalue weighted by Crippen LogP contribution is -2.37. The number of amides is 2. The monoisotopic (exact) mass is 169 g/mol. The normalized spacial score (nSPS) is 10.8. The van der Waals surface area contributed by atoms with Crippen LogP contribution in [0.25, 0.3) is 0 Å². The molecule has 0 spiro atoms. The second-order valence-electron chi connectivity index (χ2n) is 2.06. The van der Waals surface area contributed by atoms with Gasteiger partial charge in [0.1, 0.15) is 0 Å². The van der Waals surface area contributed by atoms with Crippen molar-refractivity contribution in [2.75, 3.05) is 7.05 Å². The van der Waals surface area contributed by atoms with Crippen LogP contribution in [-0.4, -0.2) is 36.4 Å². The summed E-state index contributed by atoms with van der Waals surface area (Å²) < 4.78 is 0. The highest BCUT2D eigenvalue weighted by Crippen LogP contribution is 1.95. The Hall–Kier alpha value is -1.52. The first-order valence-electron chi connectivity index (χ1n) is 3.29. The molecule has 0 saturated carbocycles. The first kappa shape index (κ1) is 10.5. The highest BCUT2D eigenvalue weighted by atomic mass is 16.2. The van der Waals surface area contributed by atoms with Gasteiger partial charge in [-0.2, -0.15) is 0 Å². The molecule has 0 aromatic heterocycles. The van der Waals surface area contributed by atoms with Crippen LogP contribution in [-0.2, 0) is 9.59 Å². The number of aliphatic imine (C=N–C) groups is 2. The van der Waals surface area contributed by atoms with Crippen molar-refractivity contribution in [3.8, 4) is 0 Å². The van der Waals surface area contributed by atoms with Gasteiger partial charge in [-0.3, -0.25) is 14.6 Å². The van der Waals surface area contributed by atoms with Crippen molar-refractivity contribution >= 4 is 24.5 Å². The largest absolute Gasteiger partial charge is 0.274 e. The second kappa shape index (κ2) is 4.38. The van der Waals surface area contributed by atoms with Crippen molar-refractivity contribution in [2.45, 2.75) is 13.8 Å². The highest BCUT2D eigenvalue weighted by Gasteiger charge is 2.18. The molecule has 0 heterocycles. The quantitative estimate of drug-likeness (QED) is 0.380. The Morgan fingerprint density at radius 2 is 1.67 bits per heavy atom. The lowest BCUT2D eigenvalue weighted by atomic mass is 10.5. The number of carbonyl (C=O) groups excluding carboxylic acids is 2. The van der Waals surface area contributed by atoms with Gasteiger partial charge in [0.15, 0.2) is 0 Å². The summed E-state index contributed by atoms with van der Waals surface area (Å²) >= 11 is 0. The third-order valence-corrected chi connectivity index (χ3v) is 1.17. The lowest BCUT2D eigenvalue weighted by Gasteiger charge is -2.14. The van der Waals surface area contributed by atoms with Gasteiger partial charge in [0, 0.05) is 20.9 Å². The molecule has 0 bridgehead atoms. The van der Waals surface area contributed by atoms with Crippen LogP contribution in [0.15, 0.2) is 9.98 Å². The summed E-state index contributed by atoms with van der Waals surface area (Å²) in [6.45, 7) is 5.71. The summed E-state index contributed by atoms with van der Waals surface area (Å²) in [6, 6.07) is 0. The molecular weight excluding hydrogens is 158 g/mol. The van der Waals surface area contributed by atoms with Gasteiger partial charge in [0.2, 0.25) is 17.8 Å². The van der Waals surface area contributed by atoms with E-state index in [0.29, 0.717) is 0 Å². The first-order chi connectivity index (χ1) is 5.54. The maximum atomic E-state index is 10.9. The fourth-order valence-electron chi connectivity index (χ4n) is 0.745. The smallest absolute Gasteiger partial charge is 0.233 e. The molecule has 0 aliphatic rings. The zero-order valence-corrected chi connectivity index (χ0v) is 7.37. The van der Waals surface area contributed by atoms with E-state index in [-0.39, 0.29) is 5.96 Å². The summed E-state index contributed by atoms with van der Waals surface area (Å²) in [5.41, 5.74) is 0. The Balaban J connectivity index is 4.85. The van der Waals surface area contributed by atoms with Gasteiger partial charge >= 0.3 is 0 Å². The number of rotatable bonds is 0. The average Bonchev–Trinajstić information content (AvgIpc) is 1.98. The van der Waals surface area contributed by atoms with Gasteiger partial charge in [-0.1, -0.05) is 0 Å². The molecule has 0 fully saturated rings. The Labute approximate surface area is 70.8 Å². The van der Waals surface area contributed by atoms with Crippen molar-refractivity contribution in [3.63, 3.8) is 0 Å². The zero-order chi connectivity index (χ0) is 9.72. The van der Waals surface area contributed by atoms with Crippen molar-refractivity contribution in [2.24, 2.45) is 9.98 Å². The van der Waals surface area contributed by atoms with Crippen LogP contribution >= 0.6 is 0 Å². The standard InChI is InChI=1S/C7H11N3O2/c1-5(11)10(6(2)12)7(8-3)9-4/h3H2,1-2,4H3. The fraction of sp³-hybridized carbons (Fsp3) is 0.429. The number of nitrogens with zero attached hydrogens (tertiary/aromatic N) is 3. The van der Waals surface area contributed by atoms with Crippen LogP contribution in [0.2, 0.25) is 0 Å². The van der Waals surface area contributed by atoms with Crippen molar-refractivity contribution in [1.29, 1.82) is 0 Å². The number of hydrogen-bond donors (Lipinski definition) is 0. The van der Waals surface area contributed by atoms with Crippen LogP contribution < -0.4 is 0 Å². The minimum absolute atomic E-state index is 0.0231. The Morgan fingerprint density at radius 3 is 1.75 bits per heavy atom. The maximum Gasteiger partial charge on any atom is 0.233 e. The molecule has 12 heavy (non-hydrogen) atoms. The van der Waals surface area contributed by atoms with Crippen molar-refractivity contribution < 1.29 is 9.59 Å². The Kier molecular flexibility index (Phi) is 3.82. The molecule has 0 saturated heterocycles. The molecule has 0 aliphatic heterocycles. The number of hydrogen-bond acceptors (Lipinski definition) is 3. The van der Waals surface area contributed by atoms with Gasteiger partial charge in [-0.05, 0) is 6.72 Å². The first-order valence-corrected chi connectivity index (χ1v) is 3.29. The highest BCUT2D eigenvalue weighted by molar-refractivity contribution is 6.11. The Bertz CT molecular complexity index is 231. The van der Waals surface area contributed by atoms with Gasteiger partial charge in [-0.15, -0.1) is 0 Å². The molecular formula is C7H11N3O2. The van der Waals surface area contributed by atoms with Gasteiger partial charge in [-0.25, -0.2) is 9.89 Å². The van der Waals surface area contributed by atoms with E-state index in [1.165, 1.54) is 20.9 Å². The zero-order valence-electron chi connectivity index (χ0n) is 7.37. The third kappa shape index (κ3) is 2.26. The van der Waals surface area contributed by atoms with E-state index in [4.69, 9.17) is 0 Å². The summed E-state index contributed by atoms with van der Waals surface area (Å²) in [7, 11) is 1.43. The number of carbonyl (C=O) groups is 2. The number of guanidine groups is 1. The van der Waals surface area contributed by atoms with Crippen LogP contribution in [0, 0.1) is 0 Å². The molecule has 0 radical (unpaired) electrons. The maximum absolute atomic E-state index is 10.9. The summed E-state index contributed by atoms with van der Waals surface area (Å²) in [4.78, 5) is 29.7. The summed E-state index contributed by atoms with van der Waals surface area (Å²) in [6.07, 6.45) is 0. The molecule has 0 atom stereocenters. The van der Waals surface area contributed by atoms with E-state index >= 15 is 0 Å². The Morgan fingerprint density at radius 1 is 1.25 bits per heavy atom. The van der Waals surface area contributed by atoms with Crippen LogP contribution in [0.3, 0.4) is 0 Å². The average molecular weight is 169 g/mol. The molecule has 0 aliphatic carbocycles. The predicted octanol–water partition coefficient (Wildman–Crippen LogP) is 0.0678. The lowest BCUT2D eigenvalue weighted by molar-refractivity contribution is -0.137. The third-order valence-electron chi connectivity index (χ3n) is 1.17. The molecule has 0 rings (SSSR count). The molecule has 66 valence electrons. The van der Waals surface area contributed by atoms with Gasteiger partial charge < -0.3 is 0 Å². The fourth-order valence-corrected chi connectivity index (χ4v) is 0.745. The summed E-state index contributed by atoms with van der Waals surface area (Å²) in [5.74, 6) is -0.819. The second-order valence-corrected chi connectivity index (χ2v) is 2.06. The van der Waals surface area contributed by atoms with Crippen LogP contribution in [0.4, 0.5) is 0 Å². The predicted molar refractivity (Wildman–Crippen MR) is 46.1 cm³/mol. The minimum Gasteiger partial charge on any atom is -0.274 e. The topological polar surface area (TPSA) is 62.1 Å². The van der Waals surface area contributed by atoms with E-state index in [0.717, 1.165) is 4.90 Å². The minimum atomic E-state index is -0.421. The molecule has 0 unspecified atom stereocenters. The molecule has 0 N–H and O–H groups in total. The van der Waals surface area contributed by atoms with Crippen LogP contribution in [0.1, 0.15) is 13.8 Å². The van der Waals surface area contributed by atoms with Gasteiger partial charge in [0.05, 0.1) is 0 Å². The molecule has 5 nitrogen and oxygen atoms in total. The molecule has 2 amide bonds. The van der Waals surface area contributed by atoms with E-state index in [2.05, 4.69) is 16.7 Å². The molecule has 0 aromatic carbocycles. The van der Waals surface area contributed by atoms with E-state index in [1.807, 2.05) is 0 Å². The van der Waals surface area contributed by atoms with Gasteiger partial charge in [0.25, 0.3) is 0 Å². The number of imide groups is 1. The molecule has 5 heteroatoms. The SMILES string of the molecule is C=NC(=NC)N(C(C)=O)C(C)=O. The van der Waals surface area contributed by atoms with Crippen LogP contribution in [0.5, 0.6) is 0 Å². The van der Waals surface area contributed by atoms with E-state index in [9.17, 15) is 9.59 Å². The molecule has 0 aromatic rings. The van der Waals surface area contributed by atoms with Crippen molar-refractivity contribution in [3.05, 3.63) is 0 Å². The van der Waals surface area contributed by atoms with Crippen molar-refractivity contribution in [1.82, 2.24) is 4.90 Å². The van der Waals surface area contributed by atoms with E-state index in [1.54, 1.807) is 0 Å². The summed E-state index contributed by atoms with van der Waals surface area (Å²) in [5, 5.41) is 0.